The Balaban J connectivity index is 2.03. The maximum atomic E-state index is 10.9. The van der Waals surface area contributed by atoms with Gasteiger partial charge in [-0.3, -0.25) is 4.99 Å². The standard InChI is InChI=1S/C11H6Cl2N2O2S2/c12-4-1-6-8(2-5(4)13)19-10(14-6)9-15-7(3-18-9)11(16)17/h1-2,7H,3H2,(H,16,17). The van der Waals surface area contributed by atoms with E-state index in [2.05, 4.69) is 9.98 Å². The number of nitrogens with zero attached hydrogens (tertiary/aromatic N) is 2. The number of thioether (sulfide) groups is 1. The quantitative estimate of drug-likeness (QED) is 0.913. The van der Waals surface area contributed by atoms with Crippen molar-refractivity contribution in [2.45, 2.75) is 6.04 Å². The molecule has 1 atom stereocenters. The third-order valence-corrected chi connectivity index (χ3v) is 5.48. The van der Waals surface area contributed by atoms with Gasteiger partial charge in [-0.15, -0.1) is 23.1 Å². The van der Waals surface area contributed by atoms with Gasteiger partial charge in [-0.25, -0.2) is 9.78 Å². The number of aliphatic imine (C=N–C) groups is 1. The Morgan fingerprint density at radius 1 is 1.37 bits per heavy atom. The molecule has 3 rings (SSSR count). The zero-order valence-corrected chi connectivity index (χ0v) is 12.4. The van der Waals surface area contributed by atoms with Crippen molar-refractivity contribution in [2.75, 3.05) is 5.75 Å². The molecular weight excluding hydrogens is 327 g/mol. The number of aliphatic carboxylic acids is 1. The fraction of sp³-hybridized carbons (Fsp3) is 0.182. The van der Waals surface area contributed by atoms with Crippen LogP contribution < -0.4 is 0 Å². The molecule has 1 aliphatic rings. The van der Waals surface area contributed by atoms with Gasteiger partial charge in [-0.2, -0.15) is 0 Å². The van der Waals surface area contributed by atoms with Gasteiger partial charge in [0.05, 0.1) is 20.3 Å². The van der Waals surface area contributed by atoms with Crippen LogP contribution in [0, 0.1) is 0 Å². The van der Waals surface area contributed by atoms with Crippen LogP contribution >= 0.6 is 46.3 Å². The van der Waals surface area contributed by atoms with Gasteiger partial charge < -0.3 is 5.11 Å². The molecule has 0 saturated heterocycles. The van der Waals surface area contributed by atoms with Crippen molar-refractivity contribution < 1.29 is 9.90 Å². The number of rotatable bonds is 2. The topological polar surface area (TPSA) is 62.5 Å². The summed E-state index contributed by atoms with van der Waals surface area (Å²) < 4.78 is 0.909. The largest absolute Gasteiger partial charge is 0.480 e. The Labute approximate surface area is 126 Å². The molecule has 8 heteroatoms. The molecule has 19 heavy (non-hydrogen) atoms. The Bertz CT molecular complexity index is 675. The summed E-state index contributed by atoms with van der Waals surface area (Å²) in [6, 6.07) is 2.78. The lowest BCUT2D eigenvalue weighted by Crippen LogP contribution is -2.17. The Morgan fingerprint density at radius 3 is 2.79 bits per heavy atom. The molecule has 1 aliphatic heterocycles. The van der Waals surface area contributed by atoms with Gasteiger partial charge in [0.1, 0.15) is 10.1 Å². The molecule has 0 fully saturated rings. The molecule has 1 aromatic heterocycles. The first kappa shape index (κ1) is 13.2. The van der Waals surface area contributed by atoms with Crippen molar-refractivity contribution in [3.8, 4) is 0 Å². The lowest BCUT2D eigenvalue weighted by Gasteiger charge is -1.93. The number of aromatic nitrogens is 1. The first-order valence-corrected chi connectivity index (χ1v) is 7.80. The van der Waals surface area contributed by atoms with E-state index in [4.69, 9.17) is 28.3 Å². The maximum absolute atomic E-state index is 10.9. The van der Waals surface area contributed by atoms with Crippen molar-refractivity contribution in [1.29, 1.82) is 0 Å². The third-order valence-electron chi connectivity index (χ3n) is 2.55. The molecular formula is C11H6Cl2N2O2S2. The van der Waals surface area contributed by atoms with Crippen LogP contribution in [-0.2, 0) is 4.79 Å². The van der Waals surface area contributed by atoms with E-state index in [-0.39, 0.29) is 0 Å². The van der Waals surface area contributed by atoms with E-state index in [0.717, 1.165) is 10.2 Å². The molecule has 0 radical (unpaired) electrons. The van der Waals surface area contributed by atoms with E-state index in [9.17, 15) is 4.79 Å². The zero-order chi connectivity index (χ0) is 13.6. The second-order valence-electron chi connectivity index (χ2n) is 3.85. The molecule has 1 aromatic carbocycles. The summed E-state index contributed by atoms with van der Waals surface area (Å²) in [7, 11) is 0. The number of thiazole rings is 1. The monoisotopic (exact) mass is 332 g/mol. The van der Waals surface area contributed by atoms with Crippen LogP contribution in [-0.4, -0.2) is 32.9 Å². The molecule has 0 spiro atoms. The van der Waals surface area contributed by atoms with Crippen LogP contribution in [0.3, 0.4) is 0 Å². The van der Waals surface area contributed by atoms with Crippen molar-refractivity contribution in [2.24, 2.45) is 4.99 Å². The Morgan fingerprint density at radius 2 is 2.11 bits per heavy atom. The minimum Gasteiger partial charge on any atom is -0.480 e. The predicted molar refractivity (Wildman–Crippen MR) is 80.1 cm³/mol. The van der Waals surface area contributed by atoms with Crippen LogP contribution in [0.2, 0.25) is 10.0 Å². The number of fused-ring (bicyclic) bond motifs is 1. The predicted octanol–water partition coefficient (Wildman–Crippen LogP) is 3.55. The number of benzene rings is 1. The van der Waals surface area contributed by atoms with E-state index >= 15 is 0 Å². The van der Waals surface area contributed by atoms with E-state index in [1.807, 2.05) is 0 Å². The molecule has 1 unspecified atom stereocenters. The first-order chi connectivity index (χ1) is 9.04. The first-order valence-electron chi connectivity index (χ1n) is 5.24. The van der Waals surface area contributed by atoms with E-state index in [1.165, 1.54) is 23.1 Å². The van der Waals surface area contributed by atoms with Crippen molar-refractivity contribution in [3.05, 3.63) is 27.2 Å². The zero-order valence-electron chi connectivity index (χ0n) is 9.26. The molecule has 0 bridgehead atoms. The highest BCUT2D eigenvalue weighted by Gasteiger charge is 2.26. The van der Waals surface area contributed by atoms with Gasteiger partial charge in [0, 0.05) is 5.75 Å². The fourth-order valence-electron chi connectivity index (χ4n) is 1.63. The number of carboxylic acids is 1. The lowest BCUT2D eigenvalue weighted by atomic mass is 10.3. The van der Waals surface area contributed by atoms with E-state index in [0.29, 0.717) is 25.8 Å². The summed E-state index contributed by atoms with van der Waals surface area (Å²) >= 11 is 14.7. The molecule has 98 valence electrons. The minimum absolute atomic E-state index is 0.447. The average Bonchev–Trinajstić information content (AvgIpc) is 2.95. The fourth-order valence-corrected chi connectivity index (χ4v) is 4.10. The third kappa shape index (κ3) is 2.45. The molecule has 4 nitrogen and oxygen atoms in total. The summed E-state index contributed by atoms with van der Waals surface area (Å²) in [6.07, 6.45) is 0. The van der Waals surface area contributed by atoms with Crippen molar-refractivity contribution in [1.82, 2.24) is 4.98 Å². The van der Waals surface area contributed by atoms with Gasteiger partial charge in [-0.05, 0) is 12.1 Å². The van der Waals surface area contributed by atoms with Crippen LogP contribution in [0.5, 0.6) is 0 Å². The second kappa shape index (κ2) is 4.94. The lowest BCUT2D eigenvalue weighted by molar-refractivity contribution is -0.137. The van der Waals surface area contributed by atoms with Gasteiger partial charge in [0.15, 0.2) is 6.04 Å². The number of halogens is 2. The highest BCUT2D eigenvalue weighted by atomic mass is 35.5. The van der Waals surface area contributed by atoms with Crippen molar-refractivity contribution in [3.63, 3.8) is 0 Å². The van der Waals surface area contributed by atoms with Crippen LogP contribution in [0.1, 0.15) is 5.01 Å². The van der Waals surface area contributed by atoms with Gasteiger partial charge in [0.2, 0.25) is 0 Å². The smallest absolute Gasteiger partial charge is 0.329 e. The number of hydrogen-bond donors (Lipinski definition) is 1. The second-order valence-corrected chi connectivity index (χ2v) is 6.71. The highest BCUT2D eigenvalue weighted by Crippen LogP contribution is 2.34. The SMILES string of the molecule is O=C(O)C1CSC(c2nc3cc(Cl)c(Cl)cc3s2)=N1. The normalized spacial score (nSPS) is 18.8. The number of carbonyl (C=O) groups is 1. The Kier molecular flexibility index (Phi) is 3.42. The van der Waals surface area contributed by atoms with E-state index in [1.54, 1.807) is 12.1 Å². The van der Waals surface area contributed by atoms with Gasteiger partial charge in [0.25, 0.3) is 0 Å². The van der Waals surface area contributed by atoms with Crippen molar-refractivity contribution >= 4 is 67.5 Å². The van der Waals surface area contributed by atoms with E-state index < -0.39 is 12.0 Å². The van der Waals surface area contributed by atoms with Crippen LogP contribution in [0.15, 0.2) is 17.1 Å². The summed E-state index contributed by atoms with van der Waals surface area (Å²) in [4.78, 5) is 19.4. The van der Waals surface area contributed by atoms with Crippen LogP contribution in [0.4, 0.5) is 0 Å². The maximum Gasteiger partial charge on any atom is 0.329 e. The van der Waals surface area contributed by atoms with Crippen LogP contribution in [0.25, 0.3) is 10.2 Å². The average molecular weight is 333 g/mol. The summed E-state index contributed by atoms with van der Waals surface area (Å²) in [6.45, 7) is 0. The Hall–Kier alpha value is -0.820. The number of carboxylic acid groups (broad SMARTS) is 1. The van der Waals surface area contributed by atoms with Gasteiger partial charge >= 0.3 is 5.97 Å². The molecule has 0 saturated carbocycles. The molecule has 2 heterocycles. The molecule has 1 N–H and O–H groups in total. The minimum atomic E-state index is -0.908. The molecule has 0 aliphatic carbocycles. The number of hydrogen-bond acceptors (Lipinski definition) is 5. The molecule has 2 aromatic rings. The summed E-state index contributed by atoms with van der Waals surface area (Å²) in [5.41, 5.74) is 0.747. The summed E-state index contributed by atoms with van der Waals surface area (Å²) in [5.74, 6) is -0.461. The van der Waals surface area contributed by atoms with Gasteiger partial charge in [-0.1, -0.05) is 23.2 Å². The highest BCUT2D eigenvalue weighted by molar-refractivity contribution is 8.15. The summed E-state index contributed by atoms with van der Waals surface area (Å²) in [5, 5.41) is 11.2. The molecule has 0 amide bonds.